The van der Waals surface area contributed by atoms with Crippen molar-refractivity contribution in [3.05, 3.63) is 23.8 Å². The lowest BCUT2D eigenvalue weighted by Crippen LogP contribution is -1.90. The van der Waals surface area contributed by atoms with Crippen LogP contribution in [0.3, 0.4) is 0 Å². The van der Waals surface area contributed by atoms with Gasteiger partial charge in [0, 0.05) is 17.2 Å². The second-order valence-corrected chi connectivity index (χ2v) is 3.62. The molecule has 90 valence electrons. The number of nitrogens with zero attached hydrogens (tertiary/aromatic N) is 1. The highest BCUT2D eigenvalue weighted by atomic mass is 16.5. The van der Waals surface area contributed by atoms with E-state index in [4.69, 9.17) is 19.7 Å². The Morgan fingerprint density at radius 1 is 1.12 bits per heavy atom. The van der Waals surface area contributed by atoms with E-state index in [-0.39, 0.29) is 0 Å². The van der Waals surface area contributed by atoms with Crippen molar-refractivity contribution >= 4 is 5.88 Å². The van der Waals surface area contributed by atoms with E-state index in [1.165, 1.54) is 0 Å². The maximum absolute atomic E-state index is 5.63. The molecule has 0 aliphatic heterocycles. The third-order valence-corrected chi connectivity index (χ3v) is 2.58. The van der Waals surface area contributed by atoms with Gasteiger partial charge in [0.2, 0.25) is 5.88 Å². The van der Waals surface area contributed by atoms with Gasteiger partial charge in [-0.05, 0) is 19.1 Å². The van der Waals surface area contributed by atoms with Crippen LogP contribution < -0.4 is 15.2 Å². The predicted octanol–water partition coefficient (Wildman–Crippen LogP) is 2.25. The van der Waals surface area contributed by atoms with E-state index in [1.54, 1.807) is 20.3 Å². The van der Waals surface area contributed by atoms with Gasteiger partial charge in [-0.25, -0.2) is 0 Å². The monoisotopic (exact) mass is 234 g/mol. The van der Waals surface area contributed by atoms with Gasteiger partial charge in [0.15, 0.2) is 0 Å². The van der Waals surface area contributed by atoms with Crippen molar-refractivity contribution in [3.8, 4) is 22.8 Å². The summed E-state index contributed by atoms with van der Waals surface area (Å²) in [5.74, 6) is 1.71. The summed E-state index contributed by atoms with van der Waals surface area (Å²) in [4.78, 5) is 0. The SMILES string of the molecule is COc1cc(OC)cc(-c2noc(N)c2C)c1. The van der Waals surface area contributed by atoms with Crippen LogP contribution in [0.1, 0.15) is 5.56 Å². The van der Waals surface area contributed by atoms with Crippen LogP contribution in [0.25, 0.3) is 11.3 Å². The first kappa shape index (κ1) is 11.3. The summed E-state index contributed by atoms with van der Waals surface area (Å²) in [7, 11) is 3.20. The normalized spacial score (nSPS) is 10.3. The Bertz CT molecular complexity index is 512. The second kappa shape index (κ2) is 4.37. The van der Waals surface area contributed by atoms with Gasteiger partial charge in [-0.15, -0.1) is 0 Å². The fourth-order valence-electron chi connectivity index (χ4n) is 1.56. The van der Waals surface area contributed by atoms with E-state index in [1.807, 2.05) is 19.1 Å². The molecule has 0 unspecified atom stereocenters. The summed E-state index contributed by atoms with van der Waals surface area (Å²) >= 11 is 0. The van der Waals surface area contributed by atoms with E-state index >= 15 is 0 Å². The van der Waals surface area contributed by atoms with Gasteiger partial charge < -0.3 is 19.7 Å². The third kappa shape index (κ3) is 2.04. The van der Waals surface area contributed by atoms with Crippen LogP contribution in [0.2, 0.25) is 0 Å². The number of hydrogen-bond acceptors (Lipinski definition) is 5. The van der Waals surface area contributed by atoms with Crippen LogP contribution in [0.5, 0.6) is 11.5 Å². The van der Waals surface area contributed by atoms with E-state index in [0.717, 1.165) is 11.1 Å². The first-order valence-electron chi connectivity index (χ1n) is 5.11. The minimum Gasteiger partial charge on any atom is -0.497 e. The van der Waals surface area contributed by atoms with Crippen molar-refractivity contribution in [3.63, 3.8) is 0 Å². The standard InChI is InChI=1S/C12H14N2O3/c1-7-11(14-17-12(7)13)8-4-9(15-2)6-10(5-8)16-3/h4-6H,13H2,1-3H3. The van der Waals surface area contributed by atoms with Crippen LogP contribution in [0.4, 0.5) is 5.88 Å². The van der Waals surface area contributed by atoms with Crippen LogP contribution in [0.15, 0.2) is 22.7 Å². The Balaban J connectivity index is 2.54. The van der Waals surface area contributed by atoms with Crippen molar-refractivity contribution in [2.45, 2.75) is 6.92 Å². The van der Waals surface area contributed by atoms with Gasteiger partial charge in [0.25, 0.3) is 0 Å². The summed E-state index contributed by atoms with van der Waals surface area (Å²) < 4.78 is 15.3. The second-order valence-electron chi connectivity index (χ2n) is 3.62. The molecule has 0 amide bonds. The molecule has 0 aliphatic rings. The number of aromatic nitrogens is 1. The number of ether oxygens (including phenoxy) is 2. The quantitative estimate of drug-likeness (QED) is 0.881. The lowest BCUT2D eigenvalue weighted by molar-refractivity contribution is 0.394. The van der Waals surface area contributed by atoms with Crippen molar-refractivity contribution in [1.29, 1.82) is 0 Å². The molecule has 0 radical (unpaired) electrons. The van der Waals surface area contributed by atoms with Gasteiger partial charge in [0.1, 0.15) is 17.2 Å². The van der Waals surface area contributed by atoms with Crippen LogP contribution in [-0.2, 0) is 0 Å². The maximum Gasteiger partial charge on any atom is 0.225 e. The number of nitrogens with two attached hydrogens (primary N) is 1. The Hall–Kier alpha value is -2.17. The zero-order valence-electron chi connectivity index (χ0n) is 9.98. The zero-order chi connectivity index (χ0) is 12.4. The molecule has 1 aromatic heterocycles. The molecule has 0 fully saturated rings. The van der Waals surface area contributed by atoms with Crippen LogP contribution in [0, 0.1) is 6.92 Å². The largest absolute Gasteiger partial charge is 0.497 e. The van der Waals surface area contributed by atoms with E-state index < -0.39 is 0 Å². The summed E-state index contributed by atoms with van der Waals surface area (Å²) in [5, 5.41) is 3.93. The number of hydrogen-bond donors (Lipinski definition) is 1. The Morgan fingerprint density at radius 3 is 2.12 bits per heavy atom. The molecule has 2 N–H and O–H groups in total. The van der Waals surface area contributed by atoms with E-state index in [2.05, 4.69) is 5.16 Å². The molecule has 2 rings (SSSR count). The van der Waals surface area contributed by atoms with Crippen molar-refractivity contribution in [2.24, 2.45) is 0 Å². The molecule has 0 spiro atoms. The summed E-state index contributed by atoms with van der Waals surface area (Å²) in [5.41, 5.74) is 7.97. The van der Waals surface area contributed by atoms with Crippen LogP contribution in [-0.4, -0.2) is 19.4 Å². The molecular formula is C12H14N2O3. The Labute approximate surface area is 99.1 Å². The molecular weight excluding hydrogens is 220 g/mol. The highest BCUT2D eigenvalue weighted by Crippen LogP contribution is 2.32. The smallest absolute Gasteiger partial charge is 0.225 e. The molecule has 17 heavy (non-hydrogen) atoms. The third-order valence-electron chi connectivity index (χ3n) is 2.58. The predicted molar refractivity (Wildman–Crippen MR) is 64.2 cm³/mol. The van der Waals surface area contributed by atoms with Gasteiger partial charge in [-0.3, -0.25) is 0 Å². The molecule has 0 saturated carbocycles. The molecule has 2 aromatic rings. The number of methoxy groups -OCH3 is 2. The fourth-order valence-corrected chi connectivity index (χ4v) is 1.56. The highest BCUT2D eigenvalue weighted by Gasteiger charge is 2.13. The summed E-state index contributed by atoms with van der Waals surface area (Å²) in [6.45, 7) is 1.85. The first-order valence-corrected chi connectivity index (χ1v) is 5.11. The summed E-state index contributed by atoms with van der Waals surface area (Å²) in [6.07, 6.45) is 0. The first-order chi connectivity index (χ1) is 8.15. The lowest BCUT2D eigenvalue weighted by atomic mass is 10.1. The zero-order valence-corrected chi connectivity index (χ0v) is 9.98. The Kier molecular flexibility index (Phi) is 2.91. The number of rotatable bonds is 3. The molecule has 5 nitrogen and oxygen atoms in total. The molecule has 5 heteroatoms. The summed E-state index contributed by atoms with van der Waals surface area (Å²) in [6, 6.07) is 5.50. The highest BCUT2D eigenvalue weighted by molar-refractivity contribution is 5.69. The van der Waals surface area contributed by atoms with Gasteiger partial charge in [-0.1, -0.05) is 5.16 Å². The number of nitrogen functional groups attached to an aromatic ring is 1. The average Bonchev–Trinajstić information content (AvgIpc) is 2.69. The molecule has 1 heterocycles. The molecule has 0 aliphatic carbocycles. The molecule has 0 bridgehead atoms. The fraction of sp³-hybridized carbons (Fsp3) is 0.250. The minimum absolute atomic E-state index is 0.321. The van der Waals surface area contributed by atoms with Crippen molar-refractivity contribution < 1.29 is 14.0 Å². The van der Waals surface area contributed by atoms with Gasteiger partial charge in [0.05, 0.1) is 14.2 Å². The molecule has 0 atom stereocenters. The Morgan fingerprint density at radius 2 is 1.71 bits per heavy atom. The lowest BCUT2D eigenvalue weighted by Gasteiger charge is -2.06. The minimum atomic E-state index is 0.321. The van der Waals surface area contributed by atoms with E-state index in [0.29, 0.717) is 23.1 Å². The van der Waals surface area contributed by atoms with Gasteiger partial charge in [-0.2, -0.15) is 0 Å². The van der Waals surface area contributed by atoms with Crippen molar-refractivity contribution in [2.75, 3.05) is 20.0 Å². The number of benzene rings is 1. The number of anilines is 1. The molecule has 1 aromatic carbocycles. The topological polar surface area (TPSA) is 70.5 Å². The molecule has 0 saturated heterocycles. The van der Waals surface area contributed by atoms with Gasteiger partial charge >= 0.3 is 0 Å². The average molecular weight is 234 g/mol. The van der Waals surface area contributed by atoms with Crippen LogP contribution >= 0.6 is 0 Å². The van der Waals surface area contributed by atoms with Crippen molar-refractivity contribution in [1.82, 2.24) is 5.16 Å². The maximum atomic E-state index is 5.63. The van der Waals surface area contributed by atoms with E-state index in [9.17, 15) is 0 Å².